The zero-order valence-corrected chi connectivity index (χ0v) is 15.0. The molecule has 1 atom stereocenters. The van der Waals surface area contributed by atoms with Crippen LogP contribution in [0.5, 0.6) is 0 Å². The zero-order valence-electron chi connectivity index (χ0n) is 14.2. The highest BCUT2D eigenvalue weighted by Gasteiger charge is 2.51. The first-order valence-corrected chi connectivity index (χ1v) is 9.60. The van der Waals surface area contributed by atoms with Gasteiger partial charge in [-0.25, -0.2) is 8.42 Å². The standard InChI is InChI=1S/C17H26N2O3S/c1-14-5-4-6-16(9-14)23(20,21)19-12-17(13-19)8-7-15(11-22-17)10-18(2)3/h4-6,9,15H,7-8,10-13H2,1-3H3. The molecule has 6 heteroatoms. The Bertz CT molecular complexity index is 656. The van der Waals surface area contributed by atoms with E-state index in [4.69, 9.17) is 4.74 Å². The van der Waals surface area contributed by atoms with Gasteiger partial charge in [-0.1, -0.05) is 12.1 Å². The Morgan fingerprint density at radius 3 is 2.65 bits per heavy atom. The number of hydrogen-bond acceptors (Lipinski definition) is 4. The van der Waals surface area contributed by atoms with E-state index in [9.17, 15) is 8.42 Å². The van der Waals surface area contributed by atoms with E-state index in [2.05, 4.69) is 19.0 Å². The van der Waals surface area contributed by atoms with Gasteiger partial charge in [-0.05, 0) is 57.5 Å². The summed E-state index contributed by atoms with van der Waals surface area (Å²) in [5.41, 5.74) is 0.710. The average molecular weight is 338 g/mol. The molecule has 5 nitrogen and oxygen atoms in total. The molecule has 23 heavy (non-hydrogen) atoms. The van der Waals surface area contributed by atoms with Gasteiger partial charge < -0.3 is 9.64 Å². The molecule has 0 aromatic heterocycles. The minimum atomic E-state index is -3.39. The van der Waals surface area contributed by atoms with Gasteiger partial charge >= 0.3 is 0 Å². The molecule has 0 amide bonds. The molecule has 0 bridgehead atoms. The van der Waals surface area contributed by atoms with Crippen molar-refractivity contribution in [2.24, 2.45) is 5.92 Å². The third kappa shape index (κ3) is 3.45. The quantitative estimate of drug-likeness (QED) is 0.839. The fourth-order valence-corrected chi connectivity index (χ4v) is 5.21. The number of nitrogens with zero attached hydrogens (tertiary/aromatic N) is 2. The lowest BCUT2D eigenvalue weighted by Gasteiger charge is -2.52. The smallest absolute Gasteiger partial charge is 0.243 e. The summed E-state index contributed by atoms with van der Waals surface area (Å²) in [6, 6.07) is 7.10. The molecule has 3 rings (SSSR count). The van der Waals surface area contributed by atoms with E-state index >= 15 is 0 Å². The minimum absolute atomic E-state index is 0.250. The van der Waals surface area contributed by atoms with Crippen LogP contribution in [-0.4, -0.2) is 63.6 Å². The van der Waals surface area contributed by atoms with Crippen LogP contribution in [-0.2, 0) is 14.8 Å². The van der Waals surface area contributed by atoms with Gasteiger partial charge in [-0.15, -0.1) is 0 Å². The minimum Gasteiger partial charge on any atom is -0.372 e. The highest BCUT2D eigenvalue weighted by atomic mass is 32.2. The second-order valence-corrected chi connectivity index (χ2v) is 9.19. The summed E-state index contributed by atoms with van der Waals surface area (Å²) in [4.78, 5) is 2.56. The summed E-state index contributed by atoms with van der Waals surface area (Å²) in [7, 11) is 0.759. The summed E-state index contributed by atoms with van der Waals surface area (Å²) in [5, 5.41) is 0. The fourth-order valence-electron chi connectivity index (χ4n) is 3.52. The molecule has 2 heterocycles. The summed E-state index contributed by atoms with van der Waals surface area (Å²) in [5.74, 6) is 0.554. The molecule has 2 aliphatic heterocycles. The molecular formula is C17H26N2O3S. The average Bonchev–Trinajstić information content (AvgIpc) is 2.45. The second kappa shape index (κ2) is 6.16. The van der Waals surface area contributed by atoms with Crippen LogP contribution in [0.2, 0.25) is 0 Å². The molecular weight excluding hydrogens is 312 g/mol. The summed E-state index contributed by atoms with van der Waals surface area (Å²) in [6.45, 7) is 4.64. The van der Waals surface area contributed by atoms with Crippen molar-refractivity contribution in [3.8, 4) is 0 Å². The summed E-state index contributed by atoms with van der Waals surface area (Å²) >= 11 is 0. The highest BCUT2D eigenvalue weighted by Crippen LogP contribution is 2.38. The van der Waals surface area contributed by atoms with E-state index in [1.54, 1.807) is 22.5 Å². The molecule has 1 unspecified atom stereocenters. The van der Waals surface area contributed by atoms with Crippen LogP contribution in [0, 0.1) is 12.8 Å². The Hall–Kier alpha value is -0.950. The Balaban J connectivity index is 1.61. The van der Waals surface area contributed by atoms with Crippen molar-refractivity contribution in [1.82, 2.24) is 9.21 Å². The van der Waals surface area contributed by atoms with Gasteiger partial charge in [0.25, 0.3) is 0 Å². The molecule has 0 aliphatic carbocycles. The largest absolute Gasteiger partial charge is 0.372 e. The van der Waals surface area contributed by atoms with Crippen LogP contribution < -0.4 is 0 Å². The van der Waals surface area contributed by atoms with E-state index in [0.717, 1.165) is 31.6 Å². The van der Waals surface area contributed by atoms with Gasteiger partial charge in [0, 0.05) is 19.6 Å². The maximum atomic E-state index is 12.7. The van der Waals surface area contributed by atoms with Crippen molar-refractivity contribution in [1.29, 1.82) is 0 Å². The van der Waals surface area contributed by atoms with E-state index < -0.39 is 10.0 Å². The van der Waals surface area contributed by atoms with Gasteiger partial charge in [0.15, 0.2) is 0 Å². The summed E-state index contributed by atoms with van der Waals surface area (Å²) < 4.78 is 32.9. The van der Waals surface area contributed by atoms with E-state index in [1.807, 2.05) is 13.0 Å². The van der Waals surface area contributed by atoms with E-state index in [-0.39, 0.29) is 5.60 Å². The first-order chi connectivity index (χ1) is 10.8. The molecule has 0 saturated carbocycles. The lowest BCUT2D eigenvalue weighted by atomic mass is 9.84. The predicted octanol–water partition coefficient (Wildman–Crippen LogP) is 1.73. The first-order valence-electron chi connectivity index (χ1n) is 8.16. The Morgan fingerprint density at radius 1 is 1.35 bits per heavy atom. The number of rotatable bonds is 4. The molecule has 1 aromatic carbocycles. The SMILES string of the molecule is Cc1cccc(S(=O)(=O)N2CC3(CCC(CN(C)C)CO3)C2)c1. The van der Waals surface area contributed by atoms with Crippen molar-refractivity contribution in [3.63, 3.8) is 0 Å². The molecule has 1 aromatic rings. The van der Waals surface area contributed by atoms with Crippen LogP contribution in [0.3, 0.4) is 0 Å². The lowest BCUT2D eigenvalue weighted by Crippen LogP contribution is -2.66. The number of hydrogen-bond donors (Lipinski definition) is 0. The first kappa shape index (κ1) is 16.9. The number of sulfonamides is 1. The van der Waals surface area contributed by atoms with Crippen molar-refractivity contribution in [2.45, 2.75) is 30.3 Å². The predicted molar refractivity (Wildman–Crippen MR) is 89.9 cm³/mol. The lowest BCUT2D eigenvalue weighted by molar-refractivity contribution is -0.158. The van der Waals surface area contributed by atoms with Crippen LogP contribution in [0.4, 0.5) is 0 Å². The van der Waals surface area contributed by atoms with Crippen LogP contribution >= 0.6 is 0 Å². The van der Waals surface area contributed by atoms with Crippen molar-refractivity contribution in [3.05, 3.63) is 29.8 Å². The van der Waals surface area contributed by atoms with E-state index in [1.165, 1.54) is 0 Å². The number of benzene rings is 1. The molecule has 2 fully saturated rings. The molecule has 1 spiro atoms. The number of aryl methyl sites for hydroxylation is 1. The number of ether oxygens (including phenoxy) is 1. The van der Waals surface area contributed by atoms with Gasteiger partial charge in [-0.3, -0.25) is 0 Å². The maximum Gasteiger partial charge on any atom is 0.243 e. The van der Waals surface area contributed by atoms with Crippen molar-refractivity contribution in [2.75, 3.05) is 40.3 Å². The molecule has 0 radical (unpaired) electrons. The van der Waals surface area contributed by atoms with Crippen LogP contribution in [0.1, 0.15) is 18.4 Å². The van der Waals surface area contributed by atoms with Gasteiger partial charge in [0.2, 0.25) is 10.0 Å². The monoisotopic (exact) mass is 338 g/mol. The molecule has 2 aliphatic rings. The highest BCUT2D eigenvalue weighted by molar-refractivity contribution is 7.89. The van der Waals surface area contributed by atoms with Crippen LogP contribution in [0.25, 0.3) is 0 Å². The maximum absolute atomic E-state index is 12.7. The zero-order chi connectivity index (χ0) is 16.7. The summed E-state index contributed by atoms with van der Waals surface area (Å²) in [6.07, 6.45) is 2.06. The van der Waals surface area contributed by atoms with Gasteiger partial charge in [-0.2, -0.15) is 4.31 Å². The topological polar surface area (TPSA) is 49.9 Å². The molecule has 128 valence electrons. The van der Waals surface area contributed by atoms with Crippen molar-refractivity contribution < 1.29 is 13.2 Å². The van der Waals surface area contributed by atoms with Crippen LogP contribution in [0.15, 0.2) is 29.2 Å². The molecule has 2 saturated heterocycles. The third-order valence-electron chi connectivity index (χ3n) is 4.81. The van der Waals surface area contributed by atoms with E-state index in [0.29, 0.717) is 23.9 Å². The Morgan fingerprint density at radius 2 is 2.09 bits per heavy atom. The Kier molecular flexibility index (Phi) is 4.53. The van der Waals surface area contributed by atoms with Gasteiger partial charge in [0.05, 0.1) is 17.1 Å². The molecule has 0 N–H and O–H groups in total. The van der Waals surface area contributed by atoms with Crippen molar-refractivity contribution >= 4 is 10.0 Å². The third-order valence-corrected chi connectivity index (χ3v) is 6.60. The van der Waals surface area contributed by atoms with Gasteiger partial charge in [0.1, 0.15) is 0 Å². The Labute approximate surface area is 139 Å². The fraction of sp³-hybridized carbons (Fsp3) is 0.647. The normalized spacial score (nSPS) is 24.8. The second-order valence-electron chi connectivity index (χ2n) is 7.25.